The van der Waals surface area contributed by atoms with Crippen molar-refractivity contribution < 1.29 is 31.1 Å². The first-order valence-electron chi connectivity index (χ1n) is 14.6. The van der Waals surface area contributed by atoms with Crippen molar-refractivity contribution in [1.82, 2.24) is 29.2 Å². The van der Waals surface area contributed by atoms with Crippen LogP contribution in [-0.4, -0.2) is 60.0 Å². The largest absolute Gasteiger partial charge is 0.416 e. The molecule has 252 valence electrons. The lowest BCUT2D eigenvalue weighted by Crippen LogP contribution is -2.49. The van der Waals surface area contributed by atoms with Crippen molar-refractivity contribution in [2.45, 2.75) is 32.0 Å². The van der Waals surface area contributed by atoms with Crippen LogP contribution in [0.1, 0.15) is 51.3 Å². The summed E-state index contributed by atoms with van der Waals surface area (Å²) in [4.78, 5) is 14.9. The van der Waals surface area contributed by atoms with E-state index in [1.807, 2.05) is 5.01 Å². The van der Waals surface area contributed by atoms with E-state index in [1.54, 1.807) is 24.3 Å². The van der Waals surface area contributed by atoms with Crippen LogP contribution in [0.15, 0.2) is 54.6 Å². The van der Waals surface area contributed by atoms with Gasteiger partial charge in [0.15, 0.2) is 5.69 Å². The molecular weight excluding hydrogens is 712 g/mol. The molecule has 10 nitrogen and oxygen atoms in total. The molecule has 2 aromatic heterocycles. The number of nitrogens with zero attached hydrogens (tertiary/aromatic N) is 4. The number of carbonyl (C=O) groups is 1. The second-order valence-electron chi connectivity index (χ2n) is 10.9. The average Bonchev–Trinajstić information content (AvgIpc) is 3.63. The van der Waals surface area contributed by atoms with Crippen molar-refractivity contribution in [2.75, 3.05) is 26.6 Å². The Kier molecular flexibility index (Phi) is 10.2. The van der Waals surface area contributed by atoms with Crippen LogP contribution >= 0.6 is 34.5 Å². The number of carbonyl (C=O) groups excluding carboxylic acids is 1. The first-order chi connectivity index (χ1) is 22.9. The number of benzene rings is 2. The van der Waals surface area contributed by atoms with E-state index in [-0.39, 0.29) is 36.3 Å². The second-order valence-corrected chi connectivity index (χ2v) is 14.6. The standard InChI is InChI=1S/C31H27Cl2F3N6O4S2/c32-22-9-12-26(25(33)16-22)42-29(27-13-11-23(47-27)10-6-20-4-7-21(8-5-20)31(34,35)36)24(17-37-48(44,45)41-18-46-19-41)28(38-42)30(43)39-40-14-2-1-3-15-40/h4-5,7-9,11-13,16,37H,1-3,14-15,17-19H2,(H,39,43). The molecule has 0 radical (unpaired) electrons. The number of piperidine rings is 1. The Hall–Kier alpha value is -3.46. The van der Waals surface area contributed by atoms with E-state index < -0.39 is 27.9 Å². The van der Waals surface area contributed by atoms with Gasteiger partial charge in [0.2, 0.25) is 0 Å². The summed E-state index contributed by atoms with van der Waals surface area (Å²) in [6, 6.07) is 12.8. The summed E-state index contributed by atoms with van der Waals surface area (Å²) in [5, 5.41) is 7.10. The molecule has 0 atom stereocenters. The van der Waals surface area contributed by atoms with Crippen LogP contribution in [0.4, 0.5) is 13.2 Å². The summed E-state index contributed by atoms with van der Waals surface area (Å²) in [7, 11) is -3.96. The minimum Gasteiger partial charge on any atom is -0.348 e. The van der Waals surface area contributed by atoms with Crippen LogP contribution in [0, 0.1) is 11.8 Å². The summed E-state index contributed by atoms with van der Waals surface area (Å²) in [5.41, 5.74) is 3.56. The van der Waals surface area contributed by atoms with Gasteiger partial charge in [-0.05, 0) is 67.4 Å². The lowest BCUT2D eigenvalue weighted by atomic mass is 10.1. The molecule has 4 aromatic rings. The molecule has 0 saturated carbocycles. The van der Waals surface area contributed by atoms with Crippen molar-refractivity contribution in [3.8, 4) is 28.1 Å². The predicted octanol–water partition coefficient (Wildman–Crippen LogP) is 6.04. The van der Waals surface area contributed by atoms with Crippen molar-refractivity contribution in [1.29, 1.82) is 0 Å². The molecule has 2 aliphatic rings. The fraction of sp³-hybridized carbons (Fsp3) is 0.290. The molecule has 0 bridgehead atoms. The van der Waals surface area contributed by atoms with Crippen molar-refractivity contribution in [2.24, 2.45) is 0 Å². The lowest BCUT2D eigenvalue weighted by molar-refractivity contribution is -0.137. The molecule has 48 heavy (non-hydrogen) atoms. The van der Waals surface area contributed by atoms with Gasteiger partial charge >= 0.3 is 6.18 Å². The van der Waals surface area contributed by atoms with Gasteiger partial charge in [-0.3, -0.25) is 10.2 Å². The Balaban J connectivity index is 1.43. The average molecular weight is 740 g/mol. The number of amides is 1. The third-order valence-corrected chi connectivity index (χ3v) is 10.5. The second kappa shape index (κ2) is 14.2. The lowest BCUT2D eigenvalue weighted by Gasteiger charge is -2.29. The van der Waals surface area contributed by atoms with E-state index >= 15 is 0 Å². The molecule has 2 aromatic carbocycles. The van der Waals surface area contributed by atoms with E-state index in [0.717, 1.165) is 35.7 Å². The van der Waals surface area contributed by atoms with Gasteiger partial charge < -0.3 is 4.74 Å². The molecule has 2 saturated heterocycles. The smallest absolute Gasteiger partial charge is 0.348 e. The van der Waals surface area contributed by atoms with E-state index in [9.17, 15) is 26.4 Å². The van der Waals surface area contributed by atoms with E-state index in [0.29, 0.717) is 44.8 Å². The number of aromatic nitrogens is 2. The zero-order valence-corrected chi connectivity index (χ0v) is 28.1. The van der Waals surface area contributed by atoms with Crippen molar-refractivity contribution in [3.63, 3.8) is 0 Å². The van der Waals surface area contributed by atoms with Crippen molar-refractivity contribution >= 4 is 50.7 Å². The molecule has 17 heteroatoms. The minimum absolute atomic E-state index is 0.0186. The minimum atomic E-state index is -4.46. The molecule has 0 aliphatic carbocycles. The van der Waals surface area contributed by atoms with Crippen LogP contribution in [0.2, 0.25) is 10.0 Å². The molecule has 1 amide bonds. The molecular formula is C31H27Cl2F3N6O4S2. The monoisotopic (exact) mass is 738 g/mol. The quantitative estimate of drug-likeness (QED) is 0.214. The Labute approximate surface area is 288 Å². The van der Waals surface area contributed by atoms with E-state index in [2.05, 4.69) is 27.1 Å². The molecule has 0 spiro atoms. The molecule has 2 N–H and O–H groups in total. The highest BCUT2D eigenvalue weighted by Crippen LogP contribution is 2.37. The van der Waals surface area contributed by atoms with Gasteiger partial charge in [-0.2, -0.15) is 31.4 Å². The number of rotatable bonds is 8. The molecule has 2 fully saturated rings. The van der Waals surface area contributed by atoms with Gasteiger partial charge in [0.05, 0.1) is 31.7 Å². The fourth-order valence-electron chi connectivity index (χ4n) is 5.05. The number of thiophene rings is 1. The Morgan fingerprint density at radius 2 is 1.73 bits per heavy atom. The van der Waals surface area contributed by atoms with Crippen LogP contribution in [0.25, 0.3) is 16.3 Å². The maximum Gasteiger partial charge on any atom is 0.416 e. The van der Waals surface area contributed by atoms with Crippen LogP contribution in [-0.2, 0) is 27.7 Å². The number of hydrazine groups is 1. The molecule has 2 aliphatic heterocycles. The topological polar surface area (TPSA) is 109 Å². The van der Waals surface area contributed by atoms with Gasteiger partial charge in [0, 0.05) is 35.8 Å². The van der Waals surface area contributed by atoms with E-state index in [1.165, 1.54) is 34.2 Å². The Morgan fingerprint density at radius 3 is 2.38 bits per heavy atom. The van der Waals surface area contributed by atoms with Crippen LogP contribution in [0.5, 0.6) is 0 Å². The first kappa shape index (κ1) is 34.4. The number of alkyl halides is 3. The third-order valence-electron chi connectivity index (χ3n) is 7.58. The number of nitrogens with one attached hydrogen (secondary N) is 2. The van der Waals surface area contributed by atoms with Gasteiger partial charge in [-0.25, -0.2) is 9.69 Å². The number of hydrogen-bond donors (Lipinski definition) is 2. The summed E-state index contributed by atoms with van der Waals surface area (Å²) in [5.74, 6) is 5.32. The maximum atomic E-state index is 13.8. The molecule has 4 heterocycles. The first-order valence-corrected chi connectivity index (χ1v) is 17.7. The number of ether oxygens (including phenoxy) is 1. The highest BCUT2D eigenvalue weighted by molar-refractivity contribution is 7.87. The molecule has 0 unspecified atom stereocenters. The zero-order valence-electron chi connectivity index (χ0n) is 25.0. The van der Waals surface area contributed by atoms with Crippen LogP contribution < -0.4 is 10.1 Å². The van der Waals surface area contributed by atoms with Gasteiger partial charge in [-0.15, -0.1) is 15.6 Å². The molecule has 6 rings (SSSR count). The van der Waals surface area contributed by atoms with Gasteiger partial charge in [0.25, 0.3) is 16.1 Å². The van der Waals surface area contributed by atoms with Gasteiger partial charge in [-0.1, -0.05) is 41.5 Å². The zero-order chi connectivity index (χ0) is 34.1. The van der Waals surface area contributed by atoms with Crippen LogP contribution in [0.3, 0.4) is 0 Å². The summed E-state index contributed by atoms with van der Waals surface area (Å²) in [6.07, 6.45) is -1.58. The summed E-state index contributed by atoms with van der Waals surface area (Å²) in [6.45, 7) is 0.814. The highest BCUT2D eigenvalue weighted by Gasteiger charge is 2.33. The third kappa shape index (κ3) is 7.72. The number of hydrogen-bond acceptors (Lipinski definition) is 7. The Morgan fingerprint density at radius 1 is 1.00 bits per heavy atom. The highest BCUT2D eigenvalue weighted by atomic mass is 35.5. The summed E-state index contributed by atoms with van der Waals surface area (Å²) >= 11 is 14.0. The Bertz CT molecular complexity index is 2000. The fourth-order valence-corrected chi connectivity index (χ4v) is 7.39. The normalized spacial score (nSPS) is 15.9. The summed E-state index contributed by atoms with van der Waals surface area (Å²) < 4.78 is 75.1. The predicted molar refractivity (Wildman–Crippen MR) is 176 cm³/mol. The van der Waals surface area contributed by atoms with Crippen molar-refractivity contribution in [3.05, 3.63) is 91.9 Å². The van der Waals surface area contributed by atoms with E-state index in [4.69, 9.17) is 27.9 Å². The number of halogens is 5. The maximum absolute atomic E-state index is 13.8. The SMILES string of the molecule is O=C(NN1CCCCC1)c1nn(-c2ccc(Cl)cc2Cl)c(-c2ccc(C#Cc3ccc(C(F)(F)F)cc3)s2)c1CNS(=O)(=O)N1COC1. The van der Waals surface area contributed by atoms with Gasteiger partial charge in [0.1, 0.15) is 13.5 Å².